The second-order valence-electron chi connectivity index (χ2n) is 8.97. The average Bonchev–Trinajstić information content (AvgIpc) is 2.70. The summed E-state index contributed by atoms with van der Waals surface area (Å²) in [5, 5.41) is 2.76. The van der Waals surface area contributed by atoms with E-state index in [-0.39, 0.29) is 11.9 Å². The molecular weight excluding hydrogens is 356 g/mol. The zero-order chi connectivity index (χ0) is 20.7. The standard InChI is InChI=1S/C27H30O2/c1-16(2)24-14-21(13-18(5)15-29-27(28)17(3)4)22-11-9-19-7-6-8-20-10-12-23(24)26(22)25(19)20/h6-9,11-12,14,16,18,21H,3,10,13,15H2,1-2,4-5H3. The molecule has 29 heavy (non-hydrogen) atoms. The van der Waals surface area contributed by atoms with Gasteiger partial charge in [0, 0.05) is 11.5 Å². The van der Waals surface area contributed by atoms with Gasteiger partial charge in [-0.15, -0.1) is 0 Å². The Morgan fingerprint density at radius 2 is 2.00 bits per heavy atom. The van der Waals surface area contributed by atoms with E-state index in [9.17, 15) is 4.79 Å². The molecule has 2 unspecified atom stereocenters. The predicted octanol–water partition coefficient (Wildman–Crippen LogP) is 6.60. The van der Waals surface area contributed by atoms with Gasteiger partial charge in [-0.05, 0) is 70.2 Å². The minimum atomic E-state index is -0.297. The molecule has 2 heteroatoms. The van der Waals surface area contributed by atoms with Crippen molar-refractivity contribution in [3.63, 3.8) is 0 Å². The van der Waals surface area contributed by atoms with Gasteiger partial charge >= 0.3 is 5.97 Å². The molecule has 2 nitrogen and oxygen atoms in total. The number of carbonyl (C=O) groups excluding carboxylic acids is 1. The minimum absolute atomic E-state index is 0.278. The number of carbonyl (C=O) groups is 1. The maximum Gasteiger partial charge on any atom is 0.333 e. The number of hydrogen-bond donors (Lipinski definition) is 0. The highest BCUT2D eigenvalue weighted by molar-refractivity contribution is 6.04. The molecular formula is C27H30O2. The van der Waals surface area contributed by atoms with Crippen LogP contribution in [-0.2, 0) is 16.0 Å². The molecule has 150 valence electrons. The normalized spacial score (nSPS) is 18.3. The molecule has 2 aromatic rings. The number of ether oxygens (including phenoxy) is 1. The van der Waals surface area contributed by atoms with Crippen molar-refractivity contribution in [2.24, 2.45) is 11.8 Å². The second kappa shape index (κ2) is 7.67. The molecule has 0 saturated carbocycles. The molecule has 2 aliphatic rings. The smallest absolute Gasteiger partial charge is 0.333 e. The summed E-state index contributed by atoms with van der Waals surface area (Å²) in [7, 11) is 0. The van der Waals surface area contributed by atoms with E-state index in [0.29, 0.717) is 24.0 Å². The molecule has 4 rings (SSSR count). The lowest BCUT2D eigenvalue weighted by Crippen LogP contribution is -2.19. The first-order chi connectivity index (χ1) is 13.9. The number of allylic oxidation sites excluding steroid dienone is 4. The summed E-state index contributed by atoms with van der Waals surface area (Å²) in [5.41, 5.74) is 7.62. The van der Waals surface area contributed by atoms with Crippen molar-refractivity contribution < 1.29 is 9.53 Å². The van der Waals surface area contributed by atoms with Crippen molar-refractivity contribution in [3.8, 4) is 0 Å². The van der Waals surface area contributed by atoms with E-state index < -0.39 is 0 Å². The van der Waals surface area contributed by atoms with Crippen molar-refractivity contribution in [1.29, 1.82) is 0 Å². The van der Waals surface area contributed by atoms with Crippen LogP contribution in [0.25, 0.3) is 16.3 Å². The highest BCUT2D eigenvalue weighted by atomic mass is 16.5. The molecule has 2 atom stereocenters. The van der Waals surface area contributed by atoms with Crippen LogP contribution in [0.4, 0.5) is 0 Å². The van der Waals surface area contributed by atoms with Gasteiger partial charge in [0.1, 0.15) is 0 Å². The van der Waals surface area contributed by atoms with Gasteiger partial charge in [0.15, 0.2) is 0 Å². The fourth-order valence-electron chi connectivity index (χ4n) is 4.75. The van der Waals surface area contributed by atoms with Crippen molar-refractivity contribution in [1.82, 2.24) is 0 Å². The van der Waals surface area contributed by atoms with Gasteiger partial charge in [0.2, 0.25) is 0 Å². The van der Waals surface area contributed by atoms with Crippen LogP contribution < -0.4 is 0 Å². The molecule has 2 aliphatic carbocycles. The zero-order valence-electron chi connectivity index (χ0n) is 17.9. The van der Waals surface area contributed by atoms with E-state index >= 15 is 0 Å². The van der Waals surface area contributed by atoms with Crippen LogP contribution in [-0.4, -0.2) is 12.6 Å². The lowest BCUT2D eigenvalue weighted by atomic mass is 9.71. The van der Waals surface area contributed by atoms with Crippen LogP contribution in [0.2, 0.25) is 0 Å². The first-order valence-electron chi connectivity index (χ1n) is 10.7. The fourth-order valence-corrected chi connectivity index (χ4v) is 4.75. The summed E-state index contributed by atoms with van der Waals surface area (Å²) >= 11 is 0. The molecule has 2 aromatic carbocycles. The number of benzene rings is 2. The van der Waals surface area contributed by atoms with Gasteiger partial charge in [-0.2, -0.15) is 0 Å². The number of hydrogen-bond acceptors (Lipinski definition) is 2. The third-order valence-electron chi connectivity index (χ3n) is 6.18. The highest BCUT2D eigenvalue weighted by Crippen LogP contribution is 2.48. The lowest BCUT2D eigenvalue weighted by Gasteiger charge is -2.33. The summed E-state index contributed by atoms with van der Waals surface area (Å²) in [4.78, 5) is 11.8. The van der Waals surface area contributed by atoms with Gasteiger partial charge in [-0.25, -0.2) is 4.79 Å². The van der Waals surface area contributed by atoms with Crippen LogP contribution in [0.15, 0.2) is 60.2 Å². The van der Waals surface area contributed by atoms with Crippen molar-refractivity contribution in [2.75, 3.05) is 6.61 Å². The van der Waals surface area contributed by atoms with Crippen molar-refractivity contribution >= 4 is 22.3 Å². The zero-order valence-corrected chi connectivity index (χ0v) is 17.9. The molecule has 0 bridgehead atoms. The second-order valence-corrected chi connectivity index (χ2v) is 8.97. The van der Waals surface area contributed by atoms with Crippen LogP contribution in [0.3, 0.4) is 0 Å². The van der Waals surface area contributed by atoms with Crippen molar-refractivity contribution in [3.05, 3.63) is 76.9 Å². The van der Waals surface area contributed by atoms with E-state index in [1.807, 2.05) is 0 Å². The monoisotopic (exact) mass is 386 g/mol. The van der Waals surface area contributed by atoms with Crippen molar-refractivity contribution in [2.45, 2.75) is 46.5 Å². The van der Waals surface area contributed by atoms with E-state index in [1.165, 1.54) is 38.6 Å². The molecule has 0 amide bonds. The van der Waals surface area contributed by atoms with Gasteiger partial charge in [-0.3, -0.25) is 0 Å². The highest BCUT2D eigenvalue weighted by Gasteiger charge is 2.30. The minimum Gasteiger partial charge on any atom is -0.462 e. The molecule has 0 saturated heterocycles. The molecule has 0 aromatic heterocycles. The van der Waals surface area contributed by atoms with E-state index in [2.05, 4.69) is 69.8 Å². The van der Waals surface area contributed by atoms with Gasteiger partial charge in [0.25, 0.3) is 0 Å². The third kappa shape index (κ3) is 3.57. The summed E-state index contributed by atoms with van der Waals surface area (Å²) < 4.78 is 5.42. The van der Waals surface area contributed by atoms with Crippen LogP contribution in [0.1, 0.15) is 56.7 Å². The lowest BCUT2D eigenvalue weighted by molar-refractivity contribution is -0.140. The van der Waals surface area contributed by atoms with E-state index in [4.69, 9.17) is 4.74 Å². The predicted molar refractivity (Wildman–Crippen MR) is 121 cm³/mol. The number of esters is 1. The third-order valence-corrected chi connectivity index (χ3v) is 6.18. The quantitative estimate of drug-likeness (QED) is 0.413. The summed E-state index contributed by atoms with van der Waals surface area (Å²) in [6.45, 7) is 12.5. The Balaban J connectivity index is 1.71. The SMILES string of the molecule is C=C(C)C(=O)OCC(C)CC1C=C(C(C)C)C2=CCc3cccc4ccc1c2c34. The average molecular weight is 387 g/mol. The Bertz CT molecular complexity index is 1050. The fraction of sp³-hybridized carbons (Fsp3) is 0.370. The topological polar surface area (TPSA) is 26.3 Å². The first kappa shape index (κ1) is 19.7. The Hall–Kier alpha value is -2.61. The Morgan fingerprint density at radius 3 is 2.72 bits per heavy atom. The summed E-state index contributed by atoms with van der Waals surface area (Å²) in [6.07, 6.45) is 6.86. The number of rotatable bonds is 6. The summed E-state index contributed by atoms with van der Waals surface area (Å²) in [6, 6.07) is 11.2. The maximum atomic E-state index is 11.8. The molecule has 0 heterocycles. The van der Waals surface area contributed by atoms with Crippen LogP contribution >= 0.6 is 0 Å². The van der Waals surface area contributed by atoms with E-state index in [0.717, 1.165) is 12.8 Å². The molecule has 0 N–H and O–H groups in total. The van der Waals surface area contributed by atoms with Crippen LogP contribution in [0, 0.1) is 11.8 Å². The van der Waals surface area contributed by atoms with Gasteiger partial charge in [-0.1, -0.05) is 69.8 Å². The molecule has 0 aliphatic heterocycles. The van der Waals surface area contributed by atoms with E-state index in [1.54, 1.807) is 6.92 Å². The van der Waals surface area contributed by atoms with Crippen LogP contribution in [0.5, 0.6) is 0 Å². The molecule has 0 spiro atoms. The van der Waals surface area contributed by atoms with Gasteiger partial charge in [0.05, 0.1) is 6.61 Å². The first-order valence-corrected chi connectivity index (χ1v) is 10.7. The Labute approximate surface area is 174 Å². The van der Waals surface area contributed by atoms with Gasteiger partial charge < -0.3 is 4.74 Å². The maximum absolute atomic E-state index is 11.8. The Kier molecular flexibility index (Phi) is 5.21. The Morgan fingerprint density at radius 1 is 1.21 bits per heavy atom. The summed E-state index contributed by atoms with van der Waals surface area (Å²) in [5.74, 6) is 0.803. The largest absolute Gasteiger partial charge is 0.462 e. The molecule has 0 radical (unpaired) electrons. The molecule has 0 fully saturated rings.